The number of carbonyl (C=O) groups excluding carboxylic acids is 2. The van der Waals surface area contributed by atoms with E-state index in [4.69, 9.17) is 4.74 Å². The van der Waals surface area contributed by atoms with Crippen LogP contribution < -0.4 is 4.74 Å². The molecule has 0 aromatic heterocycles. The molecule has 1 aromatic carbocycles. The smallest absolute Gasteiger partial charge is 0.325 e. The SMILES string of the molecule is COC(=O)CN(C(=O)c1ccc(Br)cc1OC)C(C)C. The molecule has 0 bridgehead atoms. The standard InChI is InChI=1S/C14H18BrNO4/c1-9(2)16(8-13(17)20-4)14(18)11-6-5-10(15)7-12(11)19-3/h5-7,9H,8H2,1-4H3. The summed E-state index contributed by atoms with van der Waals surface area (Å²) >= 11 is 3.32. The van der Waals surface area contributed by atoms with Crippen LogP contribution in [0.1, 0.15) is 24.2 Å². The van der Waals surface area contributed by atoms with E-state index in [2.05, 4.69) is 20.7 Å². The summed E-state index contributed by atoms with van der Waals surface area (Å²) in [6, 6.07) is 5.00. The van der Waals surface area contributed by atoms with Crippen molar-refractivity contribution in [3.8, 4) is 5.75 Å². The number of methoxy groups -OCH3 is 2. The van der Waals surface area contributed by atoms with Crippen LogP contribution in [0.2, 0.25) is 0 Å². The maximum absolute atomic E-state index is 12.6. The van der Waals surface area contributed by atoms with Gasteiger partial charge in [0.25, 0.3) is 5.91 Å². The summed E-state index contributed by atoms with van der Waals surface area (Å²) in [6.07, 6.45) is 0. The second-order valence-corrected chi connectivity index (χ2v) is 5.36. The van der Waals surface area contributed by atoms with Crippen LogP contribution in [0, 0.1) is 0 Å². The van der Waals surface area contributed by atoms with Crippen molar-refractivity contribution in [1.82, 2.24) is 4.90 Å². The molecule has 0 aliphatic heterocycles. The van der Waals surface area contributed by atoms with Crippen molar-refractivity contribution in [3.05, 3.63) is 28.2 Å². The zero-order valence-electron chi connectivity index (χ0n) is 12.0. The number of carbonyl (C=O) groups is 2. The minimum atomic E-state index is -0.455. The van der Waals surface area contributed by atoms with E-state index in [0.29, 0.717) is 11.3 Å². The van der Waals surface area contributed by atoms with E-state index >= 15 is 0 Å². The average Bonchev–Trinajstić information content (AvgIpc) is 2.43. The van der Waals surface area contributed by atoms with E-state index in [-0.39, 0.29) is 18.5 Å². The largest absolute Gasteiger partial charge is 0.496 e. The van der Waals surface area contributed by atoms with Gasteiger partial charge in [-0.2, -0.15) is 0 Å². The van der Waals surface area contributed by atoms with Gasteiger partial charge in [0, 0.05) is 10.5 Å². The summed E-state index contributed by atoms with van der Waals surface area (Å²) in [7, 11) is 2.80. The molecule has 0 aliphatic rings. The second-order valence-electron chi connectivity index (χ2n) is 4.45. The molecule has 110 valence electrons. The van der Waals surface area contributed by atoms with Crippen molar-refractivity contribution in [2.75, 3.05) is 20.8 Å². The maximum atomic E-state index is 12.6. The normalized spacial score (nSPS) is 10.3. The Labute approximate surface area is 127 Å². The quantitative estimate of drug-likeness (QED) is 0.770. The first-order valence-corrected chi connectivity index (χ1v) is 6.91. The van der Waals surface area contributed by atoms with Gasteiger partial charge in [-0.05, 0) is 32.0 Å². The molecular formula is C14H18BrNO4. The van der Waals surface area contributed by atoms with Crippen molar-refractivity contribution < 1.29 is 19.1 Å². The van der Waals surface area contributed by atoms with Crippen molar-refractivity contribution in [2.24, 2.45) is 0 Å². The number of ether oxygens (including phenoxy) is 2. The number of benzene rings is 1. The highest BCUT2D eigenvalue weighted by atomic mass is 79.9. The molecule has 0 atom stereocenters. The Morgan fingerprint density at radius 2 is 1.95 bits per heavy atom. The van der Waals surface area contributed by atoms with Gasteiger partial charge in [0.05, 0.1) is 19.8 Å². The summed E-state index contributed by atoms with van der Waals surface area (Å²) in [4.78, 5) is 25.4. The van der Waals surface area contributed by atoms with Crippen LogP contribution in [0.25, 0.3) is 0 Å². The van der Waals surface area contributed by atoms with Crippen molar-refractivity contribution in [1.29, 1.82) is 0 Å². The van der Waals surface area contributed by atoms with Crippen LogP contribution in [0.15, 0.2) is 22.7 Å². The minimum absolute atomic E-state index is 0.0911. The molecular weight excluding hydrogens is 326 g/mol. The van der Waals surface area contributed by atoms with Crippen LogP contribution in [0.3, 0.4) is 0 Å². The van der Waals surface area contributed by atoms with Crippen LogP contribution in [-0.4, -0.2) is 43.6 Å². The van der Waals surface area contributed by atoms with Crippen molar-refractivity contribution >= 4 is 27.8 Å². The molecule has 0 aliphatic carbocycles. The van der Waals surface area contributed by atoms with Crippen LogP contribution in [-0.2, 0) is 9.53 Å². The molecule has 20 heavy (non-hydrogen) atoms. The van der Waals surface area contributed by atoms with E-state index in [0.717, 1.165) is 4.47 Å². The highest BCUT2D eigenvalue weighted by molar-refractivity contribution is 9.10. The third-order valence-corrected chi connectivity index (χ3v) is 3.30. The van der Waals surface area contributed by atoms with Crippen LogP contribution in [0.4, 0.5) is 0 Å². The van der Waals surface area contributed by atoms with Gasteiger partial charge in [-0.25, -0.2) is 0 Å². The fraction of sp³-hybridized carbons (Fsp3) is 0.429. The Morgan fingerprint density at radius 3 is 2.45 bits per heavy atom. The maximum Gasteiger partial charge on any atom is 0.325 e. The van der Waals surface area contributed by atoms with E-state index in [1.54, 1.807) is 18.2 Å². The van der Waals surface area contributed by atoms with Gasteiger partial charge in [0.1, 0.15) is 12.3 Å². The molecule has 0 heterocycles. The van der Waals surface area contributed by atoms with E-state index in [1.165, 1.54) is 19.1 Å². The first-order chi connectivity index (χ1) is 9.40. The van der Waals surface area contributed by atoms with Gasteiger partial charge in [-0.1, -0.05) is 15.9 Å². The lowest BCUT2D eigenvalue weighted by atomic mass is 10.1. The van der Waals surface area contributed by atoms with Gasteiger partial charge in [0.2, 0.25) is 0 Å². The summed E-state index contributed by atoms with van der Waals surface area (Å²) in [5.74, 6) is -0.266. The lowest BCUT2D eigenvalue weighted by molar-refractivity contribution is -0.141. The second kappa shape index (κ2) is 7.28. The summed E-state index contributed by atoms with van der Waals surface area (Å²) in [5.41, 5.74) is 0.410. The third-order valence-electron chi connectivity index (χ3n) is 2.81. The number of nitrogens with zero attached hydrogens (tertiary/aromatic N) is 1. The molecule has 0 saturated carbocycles. The average molecular weight is 344 g/mol. The molecule has 0 radical (unpaired) electrons. The monoisotopic (exact) mass is 343 g/mol. The number of rotatable bonds is 5. The first kappa shape index (κ1) is 16.5. The number of amides is 1. The third kappa shape index (κ3) is 3.96. The molecule has 6 heteroatoms. The summed E-state index contributed by atoms with van der Waals surface area (Å²) < 4.78 is 10.7. The molecule has 5 nitrogen and oxygen atoms in total. The van der Waals surface area contributed by atoms with Gasteiger partial charge in [0.15, 0.2) is 0 Å². The predicted molar refractivity (Wildman–Crippen MR) is 78.9 cm³/mol. The van der Waals surface area contributed by atoms with E-state index in [1.807, 2.05) is 13.8 Å². The van der Waals surface area contributed by atoms with Crippen molar-refractivity contribution in [2.45, 2.75) is 19.9 Å². The van der Waals surface area contributed by atoms with Crippen LogP contribution in [0.5, 0.6) is 5.75 Å². The fourth-order valence-electron chi connectivity index (χ4n) is 1.69. The molecule has 0 fully saturated rings. The molecule has 0 unspecified atom stereocenters. The Balaban J connectivity index is 3.09. The Bertz CT molecular complexity index is 502. The molecule has 0 spiro atoms. The Kier molecular flexibility index (Phi) is 6.01. The lowest BCUT2D eigenvalue weighted by Crippen LogP contribution is -2.41. The van der Waals surface area contributed by atoms with E-state index < -0.39 is 5.97 Å². The van der Waals surface area contributed by atoms with Gasteiger partial charge >= 0.3 is 5.97 Å². The van der Waals surface area contributed by atoms with Gasteiger partial charge in [-0.3, -0.25) is 9.59 Å². The number of hydrogen-bond donors (Lipinski definition) is 0. The number of esters is 1. The Morgan fingerprint density at radius 1 is 1.30 bits per heavy atom. The molecule has 0 N–H and O–H groups in total. The molecule has 1 aromatic rings. The molecule has 1 rings (SSSR count). The fourth-order valence-corrected chi connectivity index (χ4v) is 2.03. The molecule has 1 amide bonds. The van der Waals surface area contributed by atoms with E-state index in [9.17, 15) is 9.59 Å². The lowest BCUT2D eigenvalue weighted by Gasteiger charge is -2.26. The van der Waals surface area contributed by atoms with Gasteiger partial charge in [-0.15, -0.1) is 0 Å². The minimum Gasteiger partial charge on any atom is -0.496 e. The summed E-state index contributed by atoms with van der Waals surface area (Å²) in [6.45, 7) is 3.59. The zero-order chi connectivity index (χ0) is 15.3. The van der Waals surface area contributed by atoms with Crippen molar-refractivity contribution in [3.63, 3.8) is 0 Å². The first-order valence-electron chi connectivity index (χ1n) is 6.12. The topological polar surface area (TPSA) is 55.8 Å². The zero-order valence-corrected chi connectivity index (χ0v) is 13.6. The highest BCUT2D eigenvalue weighted by Gasteiger charge is 2.24. The number of halogens is 1. The number of hydrogen-bond acceptors (Lipinski definition) is 4. The highest BCUT2D eigenvalue weighted by Crippen LogP contribution is 2.25. The van der Waals surface area contributed by atoms with Crippen LogP contribution >= 0.6 is 15.9 Å². The van der Waals surface area contributed by atoms with Gasteiger partial charge < -0.3 is 14.4 Å². The Hall–Kier alpha value is -1.56. The predicted octanol–water partition coefficient (Wildman–Crippen LogP) is 2.48. The molecule has 0 saturated heterocycles. The summed E-state index contributed by atoms with van der Waals surface area (Å²) in [5, 5.41) is 0.